The molecule has 20 heavy (non-hydrogen) atoms. The third kappa shape index (κ3) is 4.69. The molecule has 2 rings (SSSR count). The maximum absolute atomic E-state index is 5.79. The number of aryl methyl sites for hydroxylation is 1. The third-order valence-corrected chi connectivity index (χ3v) is 7.61. The average Bonchev–Trinajstić information content (AvgIpc) is 2.48. The number of hydrogen-bond acceptors (Lipinski definition) is 4. The molecule has 0 spiro atoms. The lowest BCUT2D eigenvalue weighted by molar-refractivity contribution is 0.476. The van der Waals surface area contributed by atoms with E-state index in [4.69, 9.17) is 5.84 Å². The predicted octanol–water partition coefficient (Wildman–Crippen LogP) is 3.47. The standard InChI is InChI=1S/C16H26N2S2/c1-12-13(2)20-16(11-19-12)15(18-17)10-6-9-14-7-4-3-5-8-14/h3-5,7-8,12-13,15-16,18H,6,9-11,17H2,1-2H3. The fraction of sp³-hybridized carbons (Fsp3) is 0.625. The van der Waals surface area contributed by atoms with Crippen molar-refractivity contribution in [3.63, 3.8) is 0 Å². The summed E-state index contributed by atoms with van der Waals surface area (Å²) in [6.07, 6.45) is 3.50. The van der Waals surface area contributed by atoms with Crippen molar-refractivity contribution in [3.8, 4) is 0 Å². The van der Waals surface area contributed by atoms with Crippen molar-refractivity contribution in [3.05, 3.63) is 35.9 Å². The van der Waals surface area contributed by atoms with Crippen LogP contribution in [0.2, 0.25) is 0 Å². The largest absolute Gasteiger partial charge is 0.271 e. The van der Waals surface area contributed by atoms with Crippen molar-refractivity contribution in [2.45, 2.75) is 54.9 Å². The first-order valence-corrected chi connectivity index (χ1v) is 9.47. The van der Waals surface area contributed by atoms with Crippen LogP contribution in [0.15, 0.2) is 30.3 Å². The Kier molecular flexibility index (Phi) is 6.75. The van der Waals surface area contributed by atoms with Gasteiger partial charge in [-0.3, -0.25) is 11.3 Å². The minimum Gasteiger partial charge on any atom is -0.271 e. The molecule has 4 unspecified atom stereocenters. The van der Waals surface area contributed by atoms with Gasteiger partial charge in [0.05, 0.1) is 0 Å². The Morgan fingerprint density at radius 2 is 2.00 bits per heavy atom. The summed E-state index contributed by atoms with van der Waals surface area (Å²) in [5.74, 6) is 7.01. The van der Waals surface area contributed by atoms with Gasteiger partial charge in [-0.05, 0) is 24.8 Å². The second-order valence-corrected chi connectivity index (χ2v) is 8.60. The van der Waals surface area contributed by atoms with E-state index >= 15 is 0 Å². The first-order valence-electron chi connectivity index (χ1n) is 7.48. The van der Waals surface area contributed by atoms with E-state index in [1.54, 1.807) is 0 Å². The van der Waals surface area contributed by atoms with Gasteiger partial charge in [-0.1, -0.05) is 44.2 Å². The van der Waals surface area contributed by atoms with Crippen LogP contribution in [0, 0.1) is 0 Å². The van der Waals surface area contributed by atoms with Crippen LogP contribution in [0.3, 0.4) is 0 Å². The summed E-state index contributed by atoms with van der Waals surface area (Å²) in [4.78, 5) is 0. The summed E-state index contributed by atoms with van der Waals surface area (Å²) < 4.78 is 0. The van der Waals surface area contributed by atoms with E-state index in [9.17, 15) is 0 Å². The predicted molar refractivity (Wildman–Crippen MR) is 93.3 cm³/mol. The SMILES string of the molecule is CC1SCC(C(CCCc2ccccc2)NN)SC1C. The number of rotatable bonds is 6. The topological polar surface area (TPSA) is 38.0 Å². The van der Waals surface area contributed by atoms with E-state index in [1.807, 2.05) is 0 Å². The molecule has 0 radical (unpaired) electrons. The van der Waals surface area contributed by atoms with Crippen LogP contribution < -0.4 is 11.3 Å². The van der Waals surface area contributed by atoms with E-state index in [2.05, 4.69) is 73.1 Å². The molecule has 0 aromatic heterocycles. The molecule has 112 valence electrons. The highest BCUT2D eigenvalue weighted by atomic mass is 32.2. The van der Waals surface area contributed by atoms with Gasteiger partial charge >= 0.3 is 0 Å². The quantitative estimate of drug-likeness (QED) is 0.623. The van der Waals surface area contributed by atoms with E-state index in [-0.39, 0.29) is 0 Å². The maximum Gasteiger partial charge on any atom is 0.0337 e. The van der Waals surface area contributed by atoms with Gasteiger partial charge in [-0.2, -0.15) is 23.5 Å². The average molecular weight is 311 g/mol. The Morgan fingerprint density at radius 3 is 2.65 bits per heavy atom. The van der Waals surface area contributed by atoms with Gasteiger partial charge in [0, 0.05) is 27.5 Å². The monoisotopic (exact) mass is 310 g/mol. The molecule has 1 saturated heterocycles. The molecule has 0 amide bonds. The van der Waals surface area contributed by atoms with Crippen molar-refractivity contribution < 1.29 is 0 Å². The Bertz CT molecular complexity index is 385. The molecule has 0 saturated carbocycles. The van der Waals surface area contributed by atoms with Gasteiger partial charge in [0.2, 0.25) is 0 Å². The Morgan fingerprint density at radius 1 is 1.25 bits per heavy atom. The molecule has 1 aliphatic heterocycles. The van der Waals surface area contributed by atoms with Crippen LogP contribution in [0.4, 0.5) is 0 Å². The molecular weight excluding hydrogens is 284 g/mol. The fourth-order valence-electron chi connectivity index (χ4n) is 2.57. The third-order valence-electron chi connectivity index (χ3n) is 4.06. The first-order chi connectivity index (χ1) is 9.70. The van der Waals surface area contributed by atoms with E-state index < -0.39 is 0 Å². The first kappa shape index (κ1) is 16.2. The zero-order valence-corrected chi connectivity index (χ0v) is 14.1. The highest BCUT2D eigenvalue weighted by molar-refractivity contribution is 8.07. The molecule has 4 heteroatoms. The molecular formula is C16H26N2S2. The van der Waals surface area contributed by atoms with Crippen LogP contribution in [-0.2, 0) is 6.42 Å². The van der Waals surface area contributed by atoms with Gasteiger partial charge in [0.25, 0.3) is 0 Å². The van der Waals surface area contributed by atoms with Gasteiger partial charge in [-0.15, -0.1) is 0 Å². The number of nitrogens with two attached hydrogens (primary N) is 1. The van der Waals surface area contributed by atoms with Gasteiger partial charge < -0.3 is 0 Å². The van der Waals surface area contributed by atoms with Crippen molar-refractivity contribution in [2.24, 2.45) is 5.84 Å². The summed E-state index contributed by atoms with van der Waals surface area (Å²) in [6, 6.07) is 11.2. The normalized spacial score (nSPS) is 28.2. The molecule has 1 aromatic rings. The number of hydrogen-bond donors (Lipinski definition) is 2. The summed E-state index contributed by atoms with van der Waals surface area (Å²) in [7, 11) is 0. The lowest BCUT2D eigenvalue weighted by Crippen LogP contribution is -2.46. The highest BCUT2D eigenvalue weighted by Crippen LogP contribution is 2.37. The molecule has 0 aliphatic carbocycles. The van der Waals surface area contributed by atoms with Crippen molar-refractivity contribution in [1.82, 2.24) is 5.43 Å². The lowest BCUT2D eigenvalue weighted by atomic mass is 10.0. The van der Waals surface area contributed by atoms with Crippen molar-refractivity contribution in [2.75, 3.05) is 5.75 Å². The van der Waals surface area contributed by atoms with Crippen molar-refractivity contribution in [1.29, 1.82) is 0 Å². The highest BCUT2D eigenvalue weighted by Gasteiger charge is 2.30. The summed E-state index contributed by atoms with van der Waals surface area (Å²) >= 11 is 4.20. The number of hydrazine groups is 1. The van der Waals surface area contributed by atoms with E-state index in [0.29, 0.717) is 11.3 Å². The lowest BCUT2D eigenvalue weighted by Gasteiger charge is -2.35. The number of benzene rings is 1. The van der Waals surface area contributed by atoms with Crippen LogP contribution in [0.5, 0.6) is 0 Å². The Hall–Kier alpha value is -0.160. The van der Waals surface area contributed by atoms with E-state index in [0.717, 1.165) is 23.3 Å². The summed E-state index contributed by atoms with van der Waals surface area (Å²) in [5.41, 5.74) is 4.49. The molecule has 0 bridgehead atoms. The summed E-state index contributed by atoms with van der Waals surface area (Å²) in [5, 5.41) is 2.13. The molecule has 4 atom stereocenters. The molecule has 1 heterocycles. The van der Waals surface area contributed by atoms with Crippen LogP contribution in [0.25, 0.3) is 0 Å². The molecule has 1 fully saturated rings. The molecule has 1 aliphatic rings. The zero-order valence-electron chi connectivity index (χ0n) is 12.4. The number of nitrogens with one attached hydrogen (secondary N) is 1. The van der Waals surface area contributed by atoms with E-state index in [1.165, 1.54) is 17.7 Å². The summed E-state index contributed by atoms with van der Waals surface area (Å²) in [6.45, 7) is 4.67. The Labute approximate surface area is 131 Å². The molecule has 2 nitrogen and oxygen atoms in total. The second kappa shape index (κ2) is 8.32. The minimum atomic E-state index is 0.436. The van der Waals surface area contributed by atoms with Gasteiger partial charge in [0.15, 0.2) is 0 Å². The van der Waals surface area contributed by atoms with Gasteiger partial charge in [0.1, 0.15) is 0 Å². The fourth-order valence-corrected chi connectivity index (χ4v) is 5.72. The van der Waals surface area contributed by atoms with Crippen LogP contribution in [-0.4, -0.2) is 27.5 Å². The second-order valence-electron chi connectivity index (χ2n) is 5.57. The van der Waals surface area contributed by atoms with Crippen LogP contribution >= 0.6 is 23.5 Å². The maximum atomic E-state index is 5.79. The minimum absolute atomic E-state index is 0.436. The van der Waals surface area contributed by atoms with Crippen LogP contribution in [0.1, 0.15) is 32.3 Å². The Balaban J connectivity index is 1.77. The smallest absolute Gasteiger partial charge is 0.0337 e. The molecule has 1 aromatic carbocycles. The van der Waals surface area contributed by atoms with Crippen molar-refractivity contribution >= 4 is 23.5 Å². The van der Waals surface area contributed by atoms with Gasteiger partial charge in [-0.25, -0.2) is 0 Å². The molecule has 3 N–H and O–H groups in total. The number of thioether (sulfide) groups is 2. The zero-order chi connectivity index (χ0) is 14.4.